The standard InChI is InChI=1S/C21H25ClN4O/c22-18-5-1-3-15(11-18)6-7-20(27)26-10-8-19-17(14-26)13-24-21(25-19)16-4-2-9-23-12-16/h1,3,5,11,13,16,23H,2,4,6-10,12,14H2/t16-/m1/s1. The number of hydrogen-bond acceptors (Lipinski definition) is 4. The molecule has 0 bridgehead atoms. The summed E-state index contributed by atoms with van der Waals surface area (Å²) in [5.74, 6) is 1.56. The highest BCUT2D eigenvalue weighted by Gasteiger charge is 2.24. The number of halogens is 1. The predicted molar refractivity (Wildman–Crippen MR) is 106 cm³/mol. The quantitative estimate of drug-likeness (QED) is 0.879. The Morgan fingerprint density at radius 2 is 2.30 bits per heavy atom. The molecule has 4 rings (SSSR count). The van der Waals surface area contributed by atoms with Gasteiger partial charge in [-0.05, 0) is 43.5 Å². The molecule has 1 aromatic heterocycles. The van der Waals surface area contributed by atoms with E-state index in [-0.39, 0.29) is 5.91 Å². The van der Waals surface area contributed by atoms with Crippen LogP contribution in [0.4, 0.5) is 0 Å². The summed E-state index contributed by atoms with van der Waals surface area (Å²) in [6, 6.07) is 7.72. The minimum Gasteiger partial charge on any atom is -0.338 e. The van der Waals surface area contributed by atoms with Crippen molar-refractivity contribution in [3.05, 3.63) is 58.1 Å². The molecule has 1 atom stereocenters. The Hall–Kier alpha value is -1.98. The number of carbonyl (C=O) groups excluding carboxylic acids is 1. The second kappa shape index (κ2) is 8.36. The smallest absolute Gasteiger partial charge is 0.223 e. The van der Waals surface area contributed by atoms with E-state index in [2.05, 4.69) is 10.3 Å². The van der Waals surface area contributed by atoms with E-state index in [0.717, 1.165) is 55.1 Å². The van der Waals surface area contributed by atoms with Gasteiger partial charge >= 0.3 is 0 Å². The van der Waals surface area contributed by atoms with Crippen molar-refractivity contribution in [2.24, 2.45) is 0 Å². The van der Waals surface area contributed by atoms with Gasteiger partial charge in [0.05, 0.1) is 5.69 Å². The van der Waals surface area contributed by atoms with Crippen LogP contribution in [0.25, 0.3) is 0 Å². The lowest BCUT2D eigenvalue weighted by Gasteiger charge is -2.29. The summed E-state index contributed by atoms with van der Waals surface area (Å²) in [7, 11) is 0. The molecule has 0 saturated carbocycles. The Kier molecular flexibility index (Phi) is 5.69. The number of nitrogens with zero attached hydrogens (tertiary/aromatic N) is 3. The first-order chi connectivity index (χ1) is 13.2. The third kappa shape index (κ3) is 4.47. The number of amides is 1. The fourth-order valence-electron chi connectivity index (χ4n) is 3.92. The number of benzene rings is 1. The zero-order chi connectivity index (χ0) is 18.6. The predicted octanol–water partition coefficient (Wildman–Crippen LogP) is 3.11. The summed E-state index contributed by atoms with van der Waals surface area (Å²) in [6.45, 7) is 3.41. The molecule has 5 nitrogen and oxygen atoms in total. The van der Waals surface area contributed by atoms with Gasteiger partial charge < -0.3 is 10.2 Å². The zero-order valence-corrected chi connectivity index (χ0v) is 16.2. The number of piperidine rings is 1. The van der Waals surface area contributed by atoms with Crippen LogP contribution in [-0.4, -0.2) is 40.4 Å². The van der Waals surface area contributed by atoms with Crippen LogP contribution in [0, 0.1) is 0 Å². The maximum Gasteiger partial charge on any atom is 0.223 e. The highest BCUT2D eigenvalue weighted by molar-refractivity contribution is 6.30. The second-order valence-electron chi connectivity index (χ2n) is 7.44. The van der Waals surface area contributed by atoms with Gasteiger partial charge in [-0.2, -0.15) is 0 Å². The molecule has 0 spiro atoms. The largest absolute Gasteiger partial charge is 0.338 e. The molecule has 2 aromatic rings. The molecule has 1 amide bonds. The van der Waals surface area contributed by atoms with Gasteiger partial charge in [-0.15, -0.1) is 0 Å². The van der Waals surface area contributed by atoms with Crippen molar-refractivity contribution in [2.45, 2.75) is 44.6 Å². The maximum absolute atomic E-state index is 12.6. The first-order valence-electron chi connectivity index (χ1n) is 9.76. The average molecular weight is 385 g/mol. The number of rotatable bonds is 4. The van der Waals surface area contributed by atoms with Crippen LogP contribution in [0.3, 0.4) is 0 Å². The monoisotopic (exact) mass is 384 g/mol. The van der Waals surface area contributed by atoms with E-state index >= 15 is 0 Å². The van der Waals surface area contributed by atoms with Gasteiger partial charge in [-0.25, -0.2) is 9.97 Å². The average Bonchev–Trinajstić information content (AvgIpc) is 2.72. The Balaban J connectivity index is 1.37. The van der Waals surface area contributed by atoms with Gasteiger partial charge in [-0.3, -0.25) is 4.79 Å². The van der Waals surface area contributed by atoms with E-state index < -0.39 is 0 Å². The van der Waals surface area contributed by atoms with E-state index in [0.29, 0.717) is 30.3 Å². The highest BCUT2D eigenvalue weighted by atomic mass is 35.5. The summed E-state index contributed by atoms with van der Waals surface area (Å²) < 4.78 is 0. The Labute approximate surface area is 165 Å². The Morgan fingerprint density at radius 3 is 3.11 bits per heavy atom. The summed E-state index contributed by atoms with van der Waals surface area (Å²) in [5, 5.41) is 4.14. The third-order valence-electron chi connectivity index (χ3n) is 5.48. The zero-order valence-electron chi connectivity index (χ0n) is 15.5. The lowest BCUT2D eigenvalue weighted by Crippen LogP contribution is -2.37. The van der Waals surface area contributed by atoms with E-state index in [1.54, 1.807) is 0 Å². The van der Waals surface area contributed by atoms with Crippen molar-refractivity contribution in [2.75, 3.05) is 19.6 Å². The van der Waals surface area contributed by atoms with Gasteiger partial charge in [0, 0.05) is 55.2 Å². The molecule has 0 unspecified atom stereocenters. The van der Waals surface area contributed by atoms with E-state index in [4.69, 9.17) is 16.6 Å². The van der Waals surface area contributed by atoms with Crippen LogP contribution in [0.2, 0.25) is 5.02 Å². The number of aryl methyl sites for hydroxylation is 1. The van der Waals surface area contributed by atoms with Gasteiger partial charge in [-0.1, -0.05) is 23.7 Å². The van der Waals surface area contributed by atoms with Gasteiger partial charge in [0.15, 0.2) is 0 Å². The summed E-state index contributed by atoms with van der Waals surface area (Å²) in [4.78, 5) is 24.0. The van der Waals surface area contributed by atoms with Gasteiger partial charge in [0.1, 0.15) is 5.82 Å². The first kappa shape index (κ1) is 18.4. The van der Waals surface area contributed by atoms with Crippen molar-refractivity contribution in [3.63, 3.8) is 0 Å². The molecule has 3 heterocycles. The molecular weight excluding hydrogens is 360 g/mol. The lowest BCUT2D eigenvalue weighted by molar-refractivity contribution is -0.132. The molecule has 2 aliphatic heterocycles. The van der Waals surface area contributed by atoms with E-state index in [1.807, 2.05) is 35.4 Å². The summed E-state index contributed by atoms with van der Waals surface area (Å²) in [6.07, 6.45) is 6.30. The van der Waals surface area contributed by atoms with E-state index in [1.165, 1.54) is 6.42 Å². The maximum atomic E-state index is 12.6. The highest BCUT2D eigenvalue weighted by Crippen LogP contribution is 2.23. The topological polar surface area (TPSA) is 58.1 Å². The molecule has 1 aromatic carbocycles. The molecule has 27 heavy (non-hydrogen) atoms. The molecule has 1 N–H and O–H groups in total. The van der Waals surface area contributed by atoms with Gasteiger partial charge in [0.25, 0.3) is 0 Å². The molecule has 1 fully saturated rings. The lowest BCUT2D eigenvalue weighted by atomic mass is 9.98. The van der Waals surface area contributed by atoms with Crippen molar-refractivity contribution >= 4 is 17.5 Å². The Bertz CT molecular complexity index is 820. The molecule has 6 heteroatoms. The van der Waals surface area contributed by atoms with Crippen molar-refractivity contribution in [1.82, 2.24) is 20.2 Å². The first-order valence-corrected chi connectivity index (χ1v) is 10.1. The Morgan fingerprint density at radius 1 is 1.37 bits per heavy atom. The van der Waals surface area contributed by atoms with Crippen molar-refractivity contribution in [3.8, 4) is 0 Å². The fraction of sp³-hybridized carbons (Fsp3) is 0.476. The van der Waals surface area contributed by atoms with Crippen molar-refractivity contribution in [1.29, 1.82) is 0 Å². The summed E-state index contributed by atoms with van der Waals surface area (Å²) in [5.41, 5.74) is 3.30. The number of nitrogens with one attached hydrogen (secondary N) is 1. The second-order valence-corrected chi connectivity index (χ2v) is 7.88. The van der Waals surface area contributed by atoms with Crippen LogP contribution in [-0.2, 0) is 24.2 Å². The minimum absolute atomic E-state index is 0.182. The SMILES string of the molecule is O=C(CCc1cccc(Cl)c1)N1CCc2nc([C@@H]3CCCNC3)ncc2C1. The molecule has 2 aliphatic rings. The third-order valence-corrected chi connectivity index (χ3v) is 5.72. The van der Waals surface area contributed by atoms with E-state index in [9.17, 15) is 4.79 Å². The van der Waals surface area contributed by atoms with Crippen molar-refractivity contribution < 1.29 is 4.79 Å². The number of carbonyl (C=O) groups is 1. The van der Waals surface area contributed by atoms with Crippen LogP contribution in [0.1, 0.15) is 47.8 Å². The molecule has 1 saturated heterocycles. The van der Waals surface area contributed by atoms with Gasteiger partial charge in [0.2, 0.25) is 5.91 Å². The summed E-state index contributed by atoms with van der Waals surface area (Å²) >= 11 is 6.02. The van der Waals surface area contributed by atoms with Crippen LogP contribution in [0.5, 0.6) is 0 Å². The normalized spacial score (nSPS) is 19.6. The van der Waals surface area contributed by atoms with Crippen LogP contribution >= 0.6 is 11.6 Å². The molecule has 0 aliphatic carbocycles. The fourth-order valence-corrected chi connectivity index (χ4v) is 4.13. The number of aromatic nitrogens is 2. The minimum atomic E-state index is 0.182. The molecular formula is C21H25ClN4O. The molecule has 142 valence electrons. The number of hydrogen-bond donors (Lipinski definition) is 1. The van der Waals surface area contributed by atoms with Crippen LogP contribution in [0.15, 0.2) is 30.5 Å². The number of fused-ring (bicyclic) bond motifs is 1. The van der Waals surface area contributed by atoms with Crippen LogP contribution < -0.4 is 5.32 Å². The molecule has 0 radical (unpaired) electrons.